The maximum atomic E-state index is 4.54. The van der Waals surface area contributed by atoms with Crippen LogP contribution < -0.4 is 5.32 Å². The van der Waals surface area contributed by atoms with Crippen molar-refractivity contribution in [2.75, 3.05) is 12.4 Å². The van der Waals surface area contributed by atoms with E-state index in [2.05, 4.69) is 63.8 Å². The van der Waals surface area contributed by atoms with E-state index in [1.807, 2.05) is 26.2 Å². The van der Waals surface area contributed by atoms with Gasteiger partial charge in [-0.15, -0.1) is 0 Å². The minimum atomic E-state index is 0.641. The third-order valence-electron chi connectivity index (χ3n) is 3.46. The first kappa shape index (κ1) is 13.3. The van der Waals surface area contributed by atoms with E-state index in [1.165, 1.54) is 11.1 Å². The van der Waals surface area contributed by atoms with E-state index in [0.717, 1.165) is 16.8 Å². The molecule has 0 radical (unpaired) electrons. The molecule has 0 amide bonds. The number of anilines is 1. The van der Waals surface area contributed by atoms with E-state index in [9.17, 15) is 0 Å². The summed E-state index contributed by atoms with van der Waals surface area (Å²) in [5.74, 6) is 0.641. The van der Waals surface area contributed by atoms with E-state index >= 15 is 0 Å². The topological polar surface area (TPSA) is 37.8 Å². The Labute approximate surface area is 124 Å². The summed E-state index contributed by atoms with van der Waals surface area (Å²) >= 11 is 0. The van der Waals surface area contributed by atoms with Crippen LogP contribution in [0.5, 0.6) is 0 Å². The number of hydrogen-bond acceptors (Lipinski definition) is 3. The van der Waals surface area contributed by atoms with E-state index in [-0.39, 0.29) is 0 Å². The zero-order valence-electron chi connectivity index (χ0n) is 12.2. The van der Waals surface area contributed by atoms with Crippen LogP contribution in [0.3, 0.4) is 0 Å². The molecule has 0 aliphatic rings. The molecule has 104 valence electrons. The fourth-order valence-electron chi connectivity index (χ4n) is 2.31. The number of aryl methyl sites for hydroxylation is 1. The summed E-state index contributed by atoms with van der Waals surface area (Å²) in [6, 6.07) is 18.8. The van der Waals surface area contributed by atoms with Crippen LogP contribution in [0.4, 0.5) is 5.95 Å². The first-order chi connectivity index (χ1) is 10.3. The van der Waals surface area contributed by atoms with Crippen molar-refractivity contribution in [3.8, 4) is 22.4 Å². The minimum absolute atomic E-state index is 0.641. The lowest BCUT2D eigenvalue weighted by Crippen LogP contribution is -1.99. The third-order valence-corrected chi connectivity index (χ3v) is 3.46. The Balaban J connectivity index is 1.98. The van der Waals surface area contributed by atoms with Crippen molar-refractivity contribution in [2.45, 2.75) is 6.92 Å². The molecule has 2 aromatic carbocycles. The summed E-state index contributed by atoms with van der Waals surface area (Å²) in [5, 5.41) is 2.98. The van der Waals surface area contributed by atoms with Gasteiger partial charge in [0.2, 0.25) is 5.95 Å². The summed E-state index contributed by atoms with van der Waals surface area (Å²) in [5.41, 5.74) is 5.57. The average Bonchev–Trinajstić information content (AvgIpc) is 2.56. The summed E-state index contributed by atoms with van der Waals surface area (Å²) in [6.07, 6.45) is 1.85. The van der Waals surface area contributed by atoms with Gasteiger partial charge < -0.3 is 5.32 Å². The minimum Gasteiger partial charge on any atom is -0.357 e. The van der Waals surface area contributed by atoms with Crippen molar-refractivity contribution >= 4 is 5.95 Å². The SMILES string of the molecule is CNc1ncc(C)c(-c2ccc(-c3ccccc3)cc2)n1. The Morgan fingerprint density at radius 2 is 1.43 bits per heavy atom. The molecule has 0 saturated heterocycles. The van der Waals surface area contributed by atoms with Gasteiger partial charge in [-0.05, 0) is 23.6 Å². The normalized spacial score (nSPS) is 10.4. The standard InChI is InChI=1S/C18H17N3/c1-13-12-20-18(19-2)21-17(13)16-10-8-15(9-11-16)14-6-4-3-5-7-14/h3-12H,1-2H3,(H,19,20,21). The molecule has 0 atom stereocenters. The molecule has 3 rings (SSSR count). The second kappa shape index (κ2) is 5.75. The van der Waals surface area contributed by atoms with Gasteiger partial charge in [0.25, 0.3) is 0 Å². The van der Waals surface area contributed by atoms with Gasteiger partial charge >= 0.3 is 0 Å². The Morgan fingerprint density at radius 3 is 2.10 bits per heavy atom. The van der Waals surface area contributed by atoms with Crippen molar-refractivity contribution in [3.63, 3.8) is 0 Å². The predicted octanol–water partition coefficient (Wildman–Crippen LogP) is 4.16. The average molecular weight is 275 g/mol. The lowest BCUT2D eigenvalue weighted by Gasteiger charge is -2.08. The smallest absolute Gasteiger partial charge is 0.222 e. The first-order valence-electron chi connectivity index (χ1n) is 6.95. The number of rotatable bonds is 3. The van der Waals surface area contributed by atoms with Crippen molar-refractivity contribution in [1.82, 2.24) is 9.97 Å². The first-order valence-corrected chi connectivity index (χ1v) is 6.95. The van der Waals surface area contributed by atoms with Gasteiger partial charge in [0.15, 0.2) is 0 Å². The lowest BCUT2D eigenvalue weighted by atomic mass is 10.0. The maximum absolute atomic E-state index is 4.54. The molecule has 0 unspecified atom stereocenters. The second-order valence-corrected chi connectivity index (χ2v) is 4.92. The van der Waals surface area contributed by atoms with Crippen LogP contribution in [0.25, 0.3) is 22.4 Å². The van der Waals surface area contributed by atoms with Crippen LogP contribution in [0.2, 0.25) is 0 Å². The second-order valence-electron chi connectivity index (χ2n) is 4.92. The predicted molar refractivity (Wildman–Crippen MR) is 87.2 cm³/mol. The molecule has 21 heavy (non-hydrogen) atoms. The molecule has 0 aliphatic carbocycles. The molecule has 0 aliphatic heterocycles. The van der Waals surface area contributed by atoms with Gasteiger partial charge in [0.05, 0.1) is 5.69 Å². The number of nitrogens with zero attached hydrogens (tertiary/aromatic N) is 2. The Kier molecular flexibility index (Phi) is 3.65. The molecule has 0 fully saturated rings. The summed E-state index contributed by atoms with van der Waals surface area (Å²) in [6.45, 7) is 2.03. The summed E-state index contributed by atoms with van der Waals surface area (Å²) < 4.78 is 0. The van der Waals surface area contributed by atoms with Crippen molar-refractivity contribution in [1.29, 1.82) is 0 Å². The molecular weight excluding hydrogens is 258 g/mol. The Bertz CT molecular complexity index is 734. The highest BCUT2D eigenvalue weighted by molar-refractivity contribution is 5.70. The fraction of sp³-hybridized carbons (Fsp3) is 0.111. The Hall–Kier alpha value is -2.68. The maximum Gasteiger partial charge on any atom is 0.222 e. The van der Waals surface area contributed by atoms with Crippen LogP contribution in [0.1, 0.15) is 5.56 Å². The van der Waals surface area contributed by atoms with Gasteiger partial charge in [0.1, 0.15) is 0 Å². The van der Waals surface area contributed by atoms with E-state index in [1.54, 1.807) is 0 Å². The van der Waals surface area contributed by atoms with Gasteiger partial charge in [-0.3, -0.25) is 0 Å². The molecule has 1 N–H and O–H groups in total. The molecule has 3 aromatic rings. The molecule has 1 aromatic heterocycles. The van der Waals surface area contributed by atoms with Crippen LogP contribution in [-0.2, 0) is 0 Å². The van der Waals surface area contributed by atoms with Gasteiger partial charge in [-0.25, -0.2) is 9.97 Å². The highest BCUT2D eigenvalue weighted by Crippen LogP contribution is 2.25. The van der Waals surface area contributed by atoms with Crippen LogP contribution >= 0.6 is 0 Å². The molecular formula is C18H17N3. The number of hydrogen-bond donors (Lipinski definition) is 1. The summed E-state index contributed by atoms with van der Waals surface area (Å²) in [7, 11) is 1.83. The quantitative estimate of drug-likeness (QED) is 0.780. The molecule has 3 nitrogen and oxygen atoms in total. The lowest BCUT2D eigenvalue weighted by molar-refractivity contribution is 1.12. The summed E-state index contributed by atoms with van der Waals surface area (Å²) in [4.78, 5) is 8.77. The van der Waals surface area contributed by atoms with Gasteiger partial charge in [-0.2, -0.15) is 0 Å². The highest BCUT2D eigenvalue weighted by Gasteiger charge is 2.06. The molecule has 0 bridgehead atoms. The zero-order valence-corrected chi connectivity index (χ0v) is 12.2. The van der Waals surface area contributed by atoms with Crippen LogP contribution in [-0.4, -0.2) is 17.0 Å². The third kappa shape index (κ3) is 2.77. The van der Waals surface area contributed by atoms with Crippen molar-refractivity contribution < 1.29 is 0 Å². The van der Waals surface area contributed by atoms with E-state index in [0.29, 0.717) is 5.95 Å². The van der Waals surface area contributed by atoms with Gasteiger partial charge in [0, 0.05) is 18.8 Å². The molecule has 1 heterocycles. The van der Waals surface area contributed by atoms with E-state index < -0.39 is 0 Å². The largest absolute Gasteiger partial charge is 0.357 e. The number of aromatic nitrogens is 2. The van der Waals surface area contributed by atoms with Crippen LogP contribution in [0.15, 0.2) is 60.8 Å². The van der Waals surface area contributed by atoms with Crippen molar-refractivity contribution in [3.05, 3.63) is 66.4 Å². The highest BCUT2D eigenvalue weighted by atomic mass is 15.1. The number of nitrogens with one attached hydrogen (secondary N) is 1. The van der Waals surface area contributed by atoms with Crippen LogP contribution in [0, 0.1) is 6.92 Å². The molecule has 0 spiro atoms. The Morgan fingerprint density at radius 1 is 0.810 bits per heavy atom. The van der Waals surface area contributed by atoms with Gasteiger partial charge in [-0.1, -0.05) is 54.6 Å². The van der Waals surface area contributed by atoms with Crippen molar-refractivity contribution in [2.24, 2.45) is 0 Å². The monoisotopic (exact) mass is 275 g/mol. The number of benzene rings is 2. The molecule has 3 heteroatoms. The van der Waals surface area contributed by atoms with E-state index in [4.69, 9.17) is 0 Å². The fourth-order valence-corrected chi connectivity index (χ4v) is 2.31. The molecule has 0 saturated carbocycles. The zero-order chi connectivity index (χ0) is 14.7.